The smallest absolute Gasteiger partial charge is 0.322 e. The number of methoxy groups -OCH3 is 1. The first-order valence-electron chi connectivity index (χ1n) is 8.38. The Morgan fingerprint density at radius 1 is 1.08 bits per heavy atom. The number of piperazine rings is 1. The third-order valence-electron chi connectivity index (χ3n) is 4.41. The van der Waals surface area contributed by atoms with Crippen molar-refractivity contribution in [2.24, 2.45) is 0 Å². The summed E-state index contributed by atoms with van der Waals surface area (Å²) in [6, 6.07) is 11.0. The van der Waals surface area contributed by atoms with Crippen LogP contribution in [0.1, 0.15) is 5.56 Å². The van der Waals surface area contributed by atoms with E-state index < -0.39 is 0 Å². The van der Waals surface area contributed by atoms with Gasteiger partial charge in [-0.2, -0.15) is 0 Å². The second-order valence-corrected chi connectivity index (χ2v) is 7.05. The maximum absolute atomic E-state index is 12.5. The molecular weight excluding hydrogens is 373 g/mol. The highest BCUT2D eigenvalue weighted by Crippen LogP contribution is 2.30. The molecule has 0 radical (unpaired) electrons. The zero-order chi connectivity index (χ0) is 18.7. The minimum absolute atomic E-state index is 0.162. The Morgan fingerprint density at radius 3 is 2.46 bits per heavy atom. The summed E-state index contributed by atoms with van der Waals surface area (Å²) in [5.41, 5.74) is 2.80. The van der Waals surface area contributed by atoms with E-state index in [0.717, 1.165) is 24.5 Å². The van der Waals surface area contributed by atoms with Crippen LogP contribution in [0.3, 0.4) is 0 Å². The molecule has 1 fully saturated rings. The normalized spacial score (nSPS) is 14.3. The molecule has 0 bridgehead atoms. The predicted molar refractivity (Wildman–Crippen MR) is 107 cm³/mol. The first kappa shape index (κ1) is 18.7. The van der Waals surface area contributed by atoms with Crippen LogP contribution in [-0.2, 0) is 0 Å². The average molecular weight is 394 g/mol. The van der Waals surface area contributed by atoms with Gasteiger partial charge in [-0.25, -0.2) is 4.79 Å². The summed E-state index contributed by atoms with van der Waals surface area (Å²) in [5, 5.41) is 3.81. The van der Waals surface area contributed by atoms with Crippen LogP contribution < -0.4 is 15.0 Å². The molecule has 0 unspecified atom stereocenters. The molecule has 1 N–H and O–H groups in total. The monoisotopic (exact) mass is 393 g/mol. The molecule has 0 spiro atoms. The summed E-state index contributed by atoms with van der Waals surface area (Å²) >= 11 is 12.0. The summed E-state index contributed by atoms with van der Waals surface area (Å²) in [7, 11) is 1.67. The van der Waals surface area contributed by atoms with Crippen molar-refractivity contribution in [1.82, 2.24) is 4.90 Å². The zero-order valence-corrected chi connectivity index (χ0v) is 16.3. The summed E-state index contributed by atoms with van der Waals surface area (Å²) in [5.74, 6) is 0.849. The number of anilines is 2. The van der Waals surface area contributed by atoms with Gasteiger partial charge in [0.05, 0.1) is 23.5 Å². The van der Waals surface area contributed by atoms with Crippen LogP contribution in [0.4, 0.5) is 16.2 Å². The Hall–Kier alpha value is -2.11. The second-order valence-electron chi connectivity index (χ2n) is 6.20. The van der Waals surface area contributed by atoms with Crippen LogP contribution >= 0.6 is 23.2 Å². The van der Waals surface area contributed by atoms with Gasteiger partial charge in [0, 0.05) is 31.2 Å². The number of hydrogen-bond donors (Lipinski definition) is 1. The molecule has 3 rings (SSSR count). The van der Waals surface area contributed by atoms with E-state index in [1.807, 2.05) is 12.1 Å². The number of nitrogens with one attached hydrogen (secondary N) is 1. The second kappa shape index (κ2) is 8.06. The minimum atomic E-state index is -0.162. The first-order valence-corrected chi connectivity index (χ1v) is 9.14. The Kier molecular flexibility index (Phi) is 5.79. The molecule has 138 valence electrons. The summed E-state index contributed by atoms with van der Waals surface area (Å²) in [4.78, 5) is 16.5. The molecule has 2 aromatic rings. The maximum Gasteiger partial charge on any atom is 0.322 e. The molecule has 1 aliphatic heterocycles. The Morgan fingerprint density at radius 2 is 1.81 bits per heavy atom. The average Bonchev–Trinajstić information content (AvgIpc) is 2.64. The van der Waals surface area contributed by atoms with Gasteiger partial charge in [0.15, 0.2) is 0 Å². The lowest BCUT2D eigenvalue weighted by Crippen LogP contribution is -2.50. The number of nitrogens with zero attached hydrogens (tertiary/aromatic N) is 2. The van der Waals surface area contributed by atoms with Gasteiger partial charge in [-0.05, 0) is 42.8 Å². The van der Waals surface area contributed by atoms with Crippen molar-refractivity contribution in [3.63, 3.8) is 0 Å². The van der Waals surface area contributed by atoms with Gasteiger partial charge < -0.3 is 19.9 Å². The van der Waals surface area contributed by atoms with Gasteiger partial charge in [-0.15, -0.1) is 0 Å². The van der Waals surface area contributed by atoms with Gasteiger partial charge in [0.1, 0.15) is 5.75 Å². The molecule has 5 nitrogen and oxygen atoms in total. The summed E-state index contributed by atoms with van der Waals surface area (Å²) < 4.78 is 5.47. The SMILES string of the molecule is COc1ccc(C)cc1N1CCN(C(=O)Nc2ccc(Cl)cc2Cl)CC1. The third-order valence-corrected chi connectivity index (χ3v) is 4.96. The quantitative estimate of drug-likeness (QED) is 0.823. The van der Waals surface area contributed by atoms with Crippen molar-refractivity contribution in [2.75, 3.05) is 43.5 Å². The van der Waals surface area contributed by atoms with E-state index in [4.69, 9.17) is 27.9 Å². The molecule has 0 aromatic heterocycles. The van der Waals surface area contributed by atoms with Crippen LogP contribution in [0.15, 0.2) is 36.4 Å². The molecular formula is C19H21Cl2N3O2. The fourth-order valence-corrected chi connectivity index (χ4v) is 3.44. The lowest BCUT2D eigenvalue weighted by atomic mass is 10.1. The first-order chi connectivity index (χ1) is 12.5. The predicted octanol–water partition coefficient (Wildman–Crippen LogP) is 4.66. The number of halogens is 2. The van der Waals surface area contributed by atoms with Crippen molar-refractivity contribution in [3.8, 4) is 5.75 Å². The van der Waals surface area contributed by atoms with Crippen LogP contribution in [0.2, 0.25) is 10.0 Å². The molecule has 2 amide bonds. The molecule has 1 aliphatic rings. The van der Waals surface area contributed by atoms with Gasteiger partial charge in [0.25, 0.3) is 0 Å². The molecule has 0 aliphatic carbocycles. The minimum Gasteiger partial charge on any atom is -0.495 e. The van der Waals surface area contributed by atoms with Crippen molar-refractivity contribution < 1.29 is 9.53 Å². The number of carbonyl (C=O) groups is 1. The third kappa shape index (κ3) is 4.17. The fraction of sp³-hybridized carbons (Fsp3) is 0.316. The van der Waals surface area contributed by atoms with E-state index in [9.17, 15) is 4.79 Å². The van der Waals surface area contributed by atoms with Crippen LogP contribution in [0.25, 0.3) is 0 Å². The lowest BCUT2D eigenvalue weighted by Gasteiger charge is -2.36. The number of urea groups is 1. The van der Waals surface area contributed by atoms with Crippen molar-refractivity contribution in [2.45, 2.75) is 6.92 Å². The van der Waals surface area contributed by atoms with Crippen LogP contribution in [0, 0.1) is 6.92 Å². The molecule has 2 aromatic carbocycles. The number of amides is 2. The number of ether oxygens (including phenoxy) is 1. The molecule has 1 heterocycles. The van der Waals surface area contributed by atoms with Gasteiger partial charge in [0.2, 0.25) is 0 Å². The van der Waals surface area contributed by atoms with E-state index in [1.54, 1.807) is 30.2 Å². The fourth-order valence-electron chi connectivity index (χ4n) is 2.98. The van der Waals surface area contributed by atoms with Gasteiger partial charge in [-0.3, -0.25) is 0 Å². The maximum atomic E-state index is 12.5. The van der Waals surface area contributed by atoms with Crippen LogP contribution in [0.5, 0.6) is 5.75 Å². The van der Waals surface area contributed by atoms with Crippen molar-refractivity contribution >= 4 is 40.6 Å². The topological polar surface area (TPSA) is 44.8 Å². The largest absolute Gasteiger partial charge is 0.495 e. The summed E-state index contributed by atoms with van der Waals surface area (Å²) in [6.07, 6.45) is 0. The number of carbonyl (C=O) groups excluding carboxylic acids is 1. The van der Waals surface area contributed by atoms with Gasteiger partial charge >= 0.3 is 6.03 Å². The molecule has 26 heavy (non-hydrogen) atoms. The molecule has 7 heteroatoms. The number of hydrogen-bond acceptors (Lipinski definition) is 3. The zero-order valence-electron chi connectivity index (χ0n) is 14.8. The Bertz CT molecular complexity index is 805. The Balaban J connectivity index is 1.63. The highest BCUT2D eigenvalue weighted by molar-refractivity contribution is 6.36. The van der Waals surface area contributed by atoms with E-state index >= 15 is 0 Å². The van der Waals surface area contributed by atoms with E-state index in [-0.39, 0.29) is 6.03 Å². The van der Waals surface area contributed by atoms with E-state index in [0.29, 0.717) is 28.8 Å². The highest BCUT2D eigenvalue weighted by atomic mass is 35.5. The van der Waals surface area contributed by atoms with Crippen LogP contribution in [-0.4, -0.2) is 44.2 Å². The van der Waals surface area contributed by atoms with E-state index in [2.05, 4.69) is 23.2 Å². The molecule has 1 saturated heterocycles. The Labute approximate surface area is 163 Å². The molecule has 0 atom stereocenters. The number of aryl methyl sites for hydroxylation is 1. The molecule has 0 saturated carbocycles. The van der Waals surface area contributed by atoms with E-state index in [1.165, 1.54) is 5.56 Å². The van der Waals surface area contributed by atoms with Crippen molar-refractivity contribution in [3.05, 3.63) is 52.0 Å². The lowest BCUT2D eigenvalue weighted by molar-refractivity contribution is 0.208. The summed E-state index contributed by atoms with van der Waals surface area (Å²) in [6.45, 7) is 4.77. The van der Waals surface area contributed by atoms with Gasteiger partial charge in [-0.1, -0.05) is 29.3 Å². The standard InChI is InChI=1S/C19H21Cl2N3O2/c1-13-3-6-18(26-2)17(11-13)23-7-9-24(10-8-23)19(25)22-16-5-4-14(20)12-15(16)21/h3-6,11-12H,7-10H2,1-2H3,(H,22,25). The number of benzene rings is 2. The number of rotatable bonds is 3. The van der Waals surface area contributed by atoms with Crippen molar-refractivity contribution in [1.29, 1.82) is 0 Å². The highest BCUT2D eigenvalue weighted by Gasteiger charge is 2.23.